The Balaban J connectivity index is 2.26. The molecule has 0 N–H and O–H groups in total. The predicted octanol–water partition coefficient (Wildman–Crippen LogP) is 5.50. The molecule has 0 saturated heterocycles. The number of benzene rings is 2. The highest BCUT2D eigenvalue weighted by Crippen LogP contribution is 2.32. The van der Waals surface area contributed by atoms with E-state index in [0.29, 0.717) is 0 Å². The minimum atomic E-state index is 0.893. The molecule has 0 fully saturated rings. The van der Waals surface area contributed by atoms with Gasteiger partial charge in [-0.05, 0) is 29.8 Å². The lowest BCUT2D eigenvalue weighted by molar-refractivity contribution is 1.27. The van der Waals surface area contributed by atoms with Crippen LogP contribution in [0.25, 0.3) is 0 Å². The van der Waals surface area contributed by atoms with Gasteiger partial charge in [-0.15, -0.1) is 0 Å². The van der Waals surface area contributed by atoms with Crippen LogP contribution < -0.4 is 0 Å². The van der Waals surface area contributed by atoms with Crippen LogP contribution in [0.1, 0.15) is 5.56 Å². The molecule has 3 heteroatoms. The highest BCUT2D eigenvalue weighted by molar-refractivity contribution is 9.10. The molecule has 2 aromatic carbocycles. The summed E-state index contributed by atoms with van der Waals surface area (Å²) >= 11 is 8.80. The van der Waals surface area contributed by atoms with Gasteiger partial charge in [0.2, 0.25) is 0 Å². The van der Waals surface area contributed by atoms with Crippen LogP contribution >= 0.6 is 43.6 Å². The minimum absolute atomic E-state index is 0.893. The third kappa shape index (κ3) is 3.12. The summed E-state index contributed by atoms with van der Waals surface area (Å²) < 4.78 is 1.12. The van der Waals surface area contributed by atoms with Gasteiger partial charge >= 0.3 is 0 Å². The first-order valence-electron chi connectivity index (χ1n) is 4.87. The summed E-state index contributed by atoms with van der Waals surface area (Å²) in [7, 11) is 0. The number of alkyl halides is 1. The van der Waals surface area contributed by atoms with E-state index < -0.39 is 0 Å². The first-order chi connectivity index (χ1) is 7.79. The molecule has 2 aromatic rings. The van der Waals surface area contributed by atoms with Crippen LogP contribution in [0.4, 0.5) is 0 Å². The summed E-state index contributed by atoms with van der Waals surface area (Å²) in [6.07, 6.45) is 0. The van der Waals surface area contributed by atoms with Crippen molar-refractivity contribution >= 4 is 43.6 Å². The third-order valence-corrected chi connectivity index (χ3v) is 4.35. The van der Waals surface area contributed by atoms with E-state index in [1.54, 1.807) is 11.8 Å². The van der Waals surface area contributed by atoms with E-state index in [1.165, 1.54) is 15.4 Å². The van der Waals surface area contributed by atoms with Crippen LogP contribution in [0.5, 0.6) is 0 Å². The van der Waals surface area contributed by atoms with Gasteiger partial charge in [0, 0.05) is 19.6 Å². The highest BCUT2D eigenvalue weighted by atomic mass is 79.9. The van der Waals surface area contributed by atoms with Gasteiger partial charge in [-0.3, -0.25) is 0 Å². The monoisotopic (exact) mass is 356 g/mol. The fourth-order valence-corrected chi connectivity index (χ4v) is 3.60. The van der Waals surface area contributed by atoms with Gasteiger partial charge in [-0.25, -0.2) is 0 Å². The molecule has 0 spiro atoms. The second-order valence-corrected chi connectivity index (χ2v) is 5.89. The van der Waals surface area contributed by atoms with Crippen molar-refractivity contribution in [3.05, 3.63) is 58.6 Å². The fraction of sp³-hybridized carbons (Fsp3) is 0.0769. The van der Waals surface area contributed by atoms with Gasteiger partial charge < -0.3 is 0 Å². The molecule has 0 unspecified atom stereocenters. The molecule has 0 bridgehead atoms. The van der Waals surface area contributed by atoms with E-state index >= 15 is 0 Å². The van der Waals surface area contributed by atoms with Crippen molar-refractivity contribution in [1.29, 1.82) is 0 Å². The molecule has 0 heterocycles. The van der Waals surface area contributed by atoms with Crippen molar-refractivity contribution in [3.63, 3.8) is 0 Å². The summed E-state index contributed by atoms with van der Waals surface area (Å²) in [5, 5.41) is 0.893. The zero-order chi connectivity index (χ0) is 11.4. The van der Waals surface area contributed by atoms with E-state index in [1.807, 2.05) is 6.07 Å². The lowest BCUT2D eigenvalue weighted by atomic mass is 10.2. The Hall–Kier alpha value is -0.250. The van der Waals surface area contributed by atoms with Gasteiger partial charge in [0.15, 0.2) is 0 Å². The Morgan fingerprint density at radius 2 is 1.81 bits per heavy atom. The molecule has 0 aliphatic heterocycles. The maximum absolute atomic E-state index is 3.51. The molecule has 0 aliphatic rings. The summed E-state index contributed by atoms with van der Waals surface area (Å²) in [5.41, 5.74) is 1.33. The molecule has 2 rings (SSSR count). The van der Waals surface area contributed by atoms with Crippen molar-refractivity contribution in [1.82, 2.24) is 0 Å². The molecule has 0 aromatic heterocycles. The topological polar surface area (TPSA) is 0 Å². The average molecular weight is 358 g/mol. The third-order valence-electron chi connectivity index (χ3n) is 2.14. The predicted molar refractivity (Wildman–Crippen MR) is 77.3 cm³/mol. The summed E-state index contributed by atoms with van der Waals surface area (Å²) in [6, 6.07) is 16.8. The molecule has 82 valence electrons. The lowest BCUT2D eigenvalue weighted by Gasteiger charge is -2.06. The second-order valence-electron chi connectivity index (χ2n) is 3.30. The standard InChI is InChI=1S/C13H10Br2S/c14-9-10-4-1-2-7-13(10)16-12-6-3-5-11(15)8-12/h1-8H,9H2. The maximum atomic E-state index is 3.51. The van der Waals surface area contributed by atoms with Gasteiger partial charge in [0.1, 0.15) is 0 Å². The van der Waals surface area contributed by atoms with E-state index in [4.69, 9.17) is 0 Å². The fourth-order valence-electron chi connectivity index (χ4n) is 1.37. The first kappa shape index (κ1) is 12.2. The molecule has 16 heavy (non-hydrogen) atoms. The smallest absolute Gasteiger partial charge is 0.0294 e. The molecule has 0 saturated carbocycles. The quantitative estimate of drug-likeness (QED) is 0.654. The number of hydrogen-bond acceptors (Lipinski definition) is 1. The zero-order valence-electron chi connectivity index (χ0n) is 8.49. The van der Waals surface area contributed by atoms with Gasteiger partial charge in [0.05, 0.1) is 0 Å². The zero-order valence-corrected chi connectivity index (χ0v) is 12.5. The molecular weight excluding hydrogens is 348 g/mol. The van der Waals surface area contributed by atoms with Crippen LogP contribution in [0.2, 0.25) is 0 Å². The Bertz CT molecular complexity index is 483. The molecule has 0 aliphatic carbocycles. The van der Waals surface area contributed by atoms with Crippen LogP contribution in [-0.4, -0.2) is 0 Å². The van der Waals surface area contributed by atoms with Gasteiger partial charge in [-0.1, -0.05) is 67.9 Å². The van der Waals surface area contributed by atoms with E-state index in [-0.39, 0.29) is 0 Å². The van der Waals surface area contributed by atoms with Crippen LogP contribution in [0, 0.1) is 0 Å². The molecule has 0 nitrogen and oxygen atoms in total. The average Bonchev–Trinajstić information content (AvgIpc) is 2.30. The Kier molecular flexibility index (Phi) is 4.50. The lowest BCUT2D eigenvalue weighted by Crippen LogP contribution is -1.82. The van der Waals surface area contributed by atoms with E-state index in [9.17, 15) is 0 Å². The van der Waals surface area contributed by atoms with E-state index in [2.05, 4.69) is 74.3 Å². The molecular formula is C13H10Br2S. The van der Waals surface area contributed by atoms with Crippen molar-refractivity contribution < 1.29 is 0 Å². The van der Waals surface area contributed by atoms with Crippen LogP contribution in [0.15, 0.2) is 62.8 Å². The Morgan fingerprint density at radius 1 is 1.00 bits per heavy atom. The maximum Gasteiger partial charge on any atom is 0.0294 e. The molecule has 0 amide bonds. The SMILES string of the molecule is BrCc1ccccc1Sc1cccc(Br)c1. The van der Waals surface area contributed by atoms with E-state index in [0.717, 1.165) is 9.80 Å². The summed E-state index contributed by atoms with van der Waals surface area (Å²) in [6.45, 7) is 0. The molecule has 0 radical (unpaired) electrons. The normalized spacial score (nSPS) is 10.4. The second kappa shape index (κ2) is 5.89. The van der Waals surface area contributed by atoms with Crippen LogP contribution in [0.3, 0.4) is 0 Å². The summed E-state index contributed by atoms with van der Waals surface area (Å²) in [4.78, 5) is 2.56. The number of rotatable bonds is 3. The minimum Gasteiger partial charge on any atom is -0.0897 e. The first-order valence-corrected chi connectivity index (χ1v) is 7.60. The number of hydrogen-bond donors (Lipinski definition) is 0. The van der Waals surface area contributed by atoms with Crippen molar-refractivity contribution in [3.8, 4) is 0 Å². The highest BCUT2D eigenvalue weighted by Gasteiger charge is 2.02. The Morgan fingerprint density at radius 3 is 2.56 bits per heavy atom. The van der Waals surface area contributed by atoms with Gasteiger partial charge in [0.25, 0.3) is 0 Å². The van der Waals surface area contributed by atoms with Crippen molar-refractivity contribution in [2.75, 3.05) is 0 Å². The summed E-state index contributed by atoms with van der Waals surface area (Å²) in [5.74, 6) is 0. The Labute approximate surface area is 117 Å². The van der Waals surface area contributed by atoms with Crippen molar-refractivity contribution in [2.45, 2.75) is 15.1 Å². The van der Waals surface area contributed by atoms with Crippen LogP contribution in [-0.2, 0) is 5.33 Å². The largest absolute Gasteiger partial charge is 0.0897 e. The number of halogens is 2. The molecule has 0 atom stereocenters. The van der Waals surface area contributed by atoms with Gasteiger partial charge in [-0.2, -0.15) is 0 Å². The van der Waals surface area contributed by atoms with Crippen molar-refractivity contribution in [2.24, 2.45) is 0 Å².